The monoisotopic (exact) mass is 232 g/mol. The van der Waals surface area contributed by atoms with Gasteiger partial charge in [-0.15, -0.1) is 12.3 Å². The summed E-state index contributed by atoms with van der Waals surface area (Å²) in [5.41, 5.74) is 1.61. The Labute approximate surface area is 101 Å². The van der Waals surface area contributed by atoms with Crippen LogP contribution in [0.4, 0.5) is 11.4 Å². The summed E-state index contributed by atoms with van der Waals surface area (Å²) in [4.78, 5) is 10.4. The number of nitro groups is 1. The van der Waals surface area contributed by atoms with Gasteiger partial charge in [-0.1, -0.05) is 6.07 Å². The van der Waals surface area contributed by atoms with Gasteiger partial charge in [-0.25, -0.2) is 0 Å². The Kier molecular flexibility index (Phi) is 5.02. The van der Waals surface area contributed by atoms with Crippen LogP contribution in [0.5, 0.6) is 0 Å². The molecule has 1 aromatic carbocycles. The smallest absolute Gasteiger partial charge is 0.274 e. The van der Waals surface area contributed by atoms with E-state index in [2.05, 4.69) is 11.2 Å². The van der Waals surface area contributed by atoms with E-state index in [-0.39, 0.29) is 10.6 Å². The lowest BCUT2D eigenvalue weighted by Crippen LogP contribution is -2.02. The van der Waals surface area contributed by atoms with E-state index in [1.54, 1.807) is 19.1 Å². The number of terminal acetylenes is 1. The van der Waals surface area contributed by atoms with E-state index in [0.717, 1.165) is 31.5 Å². The van der Waals surface area contributed by atoms with Gasteiger partial charge in [0.25, 0.3) is 5.69 Å². The third kappa shape index (κ3) is 4.15. The van der Waals surface area contributed by atoms with Crippen molar-refractivity contribution in [3.8, 4) is 12.3 Å². The predicted molar refractivity (Wildman–Crippen MR) is 69.0 cm³/mol. The first-order valence-corrected chi connectivity index (χ1v) is 5.57. The Bertz CT molecular complexity index is 436. The minimum atomic E-state index is -0.362. The molecule has 0 aromatic heterocycles. The average Bonchev–Trinajstić information content (AvgIpc) is 2.30. The lowest BCUT2D eigenvalue weighted by atomic mass is 10.2. The molecule has 0 saturated carbocycles. The highest BCUT2D eigenvalue weighted by Crippen LogP contribution is 2.22. The molecular formula is C13H16N2O2. The van der Waals surface area contributed by atoms with E-state index < -0.39 is 0 Å². The van der Waals surface area contributed by atoms with Crippen LogP contribution in [-0.4, -0.2) is 11.5 Å². The maximum atomic E-state index is 10.7. The number of hydrogen-bond donors (Lipinski definition) is 1. The lowest BCUT2D eigenvalue weighted by Gasteiger charge is -2.06. The molecule has 0 aliphatic heterocycles. The number of unbranched alkanes of at least 4 members (excludes halogenated alkanes) is 2. The van der Waals surface area contributed by atoms with Gasteiger partial charge in [0.2, 0.25) is 0 Å². The number of nitrogens with zero attached hydrogens (tertiary/aromatic N) is 1. The number of aryl methyl sites for hydroxylation is 1. The summed E-state index contributed by atoms with van der Waals surface area (Å²) in [6.45, 7) is 2.51. The molecule has 0 amide bonds. The molecule has 4 nitrogen and oxygen atoms in total. The molecule has 0 radical (unpaired) electrons. The van der Waals surface area contributed by atoms with Gasteiger partial charge in [-0.05, 0) is 25.8 Å². The fourth-order valence-corrected chi connectivity index (χ4v) is 1.50. The van der Waals surface area contributed by atoms with Crippen molar-refractivity contribution < 1.29 is 4.92 Å². The molecule has 90 valence electrons. The zero-order valence-electron chi connectivity index (χ0n) is 9.90. The Morgan fingerprint density at radius 2 is 2.24 bits per heavy atom. The zero-order chi connectivity index (χ0) is 12.7. The number of hydrogen-bond acceptors (Lipinski definition) is 3. The molecule has 17 heavy (non-hydrogen) atoms. The minimum Gasteiger partial charge on any atom is -0.385 e. The molecule has 1 aromatic rings. The van der Waals surface area contributed by atoms with Crippen LogP contribution in [0.25, 0.3) is 0 Å². The number of nitro benzene ring substituents is 1. The van der Waals surface area contributed by atoms with Crippen LogP contribution >= 0.6 is 0 Å². The van der Waals surface area contributed by atoms with E-state index >= 15 is 0 Å². The molecule has 0 unspecified atom stereocenters. The van der Waals surface area contributed by atoms with Gasteiger partial charge in [0.1, 0.15) is 0 Å². The standard InChI is InChI=1S/C13H16N2O2/c1-3-4-5-6-9-14-12-8-7-11(2)13(10-12)15(16)17/h1,7-8,10,14H,4-6,9H2,2H3. The Morgan fingerprint density at radius 3 is 2.88 bits per heavy atom. The van der Waals surface area contributed by atoms with Gasteiger partial charge in [0.05, 0.1) is 4.92 Å². The number of nitrogens with one attached hydrogen (secondary N) is 1. The van der Waals surface area contributed by atoms with Gasteiger partial charge in [-0.2, -0.15) is 0 Å². The second kappa shape index (κ2) is 6.54. The summed E-state index contributed by atoms with van der Waals surface area (Å²) in [5, 5.41) is 13.9. The molecule has 0 aliphatic carbocycles. The van der Waals surface area contributed by atoms with E-state index in [0.29, 0.717) is 5.56 Å². The zero-order valence-corrected chi connectivity index (χ0v) is 9.90. The molecule has 4 heteroatoms. The largest absolute Gasteiger partial charge is 0.385 e. The maximum Gasteiger partial charge on any atom is 0.274 e. The molecule has 0 atom stereocenters. The lowest BCUT2D eigenvalue weighted by molar-refractivity contribution is -0.385. The van der Waals surface area contributed by atoms with E-state index in [1.807, 2.05) is 6.07 Å². The summed E-state index contributed by atoms with van der Waals surface area (Å²) in [5.74, 6) is 2.58. The second-order valence-corrected chi connectivity index (χ2v) is 3.85. The molecule has 1 rings (SSSR count). The molecule has 0 heterocycles. The van der Waals surface area contributed by atoms with Gasteiger partial charge < -0.3 is 5.32 Å². The van der Waals surface area contributed by atoms with Crippen molar-refractivity contribution in [1.82, 2.24) is 0 Å². The van der Waals surface area contributed by atoms with Crippen LogP contribution < -0.4 is 5.32 Å². The summed E-state index contributed by atoms with van der Waals surface area (Å²) < 4.78 is 0. The average molecular weight is 232 g/mol. The normalized spacial score (nSPS) is 9.65. The topological polar surface area (TPSA) is 55.2 Å². The second-order valence-electron chi connectivity index (χ2n) is 3.85. The summed E-state index contributed by atoms with van der Waals surface area (Å²) in [7, 11) is 0. The van der Waals surface area contributed by atoms with Crippen molar-refractivity contribution >= 4 is 11.4 Å². The van der Waals surface area contributed by atoms with Crippen LogP contribution in [0.2, 0.25) is 0 Å². The SMILES string of the molecule is C#CCCCCNc1ccc(C)c([N+](=O)[O-])c1. The van der Waals surface area contributed by atoms with E-state index in [1.165, 1.54) is 0 Å². The Hall–Kier alpha value is -2.02. The van der Waals surface area contributed by atoms with E-state index in [9.17, 15) is 10.1 Å². The predicted octanol–water partition coefficient (Wildman–Crippen LogP) is 3.12. The maximum absolute atomic E-state index is 10.7. The first-order chi connectivity index (χ1) is 8.15. The van der Waals surface area contributed by atoms with Crippen molar-refractivity contribution in [2.75, 3.05) is 11.9 Å². The minimum absolute atomic E-state index is 0.152. The fraction of sp³-hybridized carbons (Fsp3) is 0.385. The van der Waals surface area contributed by atoms with Gasteiger partial charge in [-0.3, -0.25) is 10.1 Å². The molecule has 0 bridgehead atoms. The van der Waals surface area contributed by atoms with Crippen LogP contribution in [-0.2, 0) is 0 Å². The highest BCUT2D eigenvalue weighted by Gasteiger charge is 2.10. The molecule has 1 N–H and O–H groups in total. The number of rotatable bonds is 6. The summed E-state index contributed by atoms with van der Waals surface area (Å²) >= 11 is 0. The first kappa shape index (κ1) is 13.0. The molecule has 0 fully saturated rings. The van der Waals surface area contributed by atoms with Crippen molar-refractivity contribution in [2.24, 2.45) is 0 Å². The van der Waals surface area contributed by atoms with Crippen LogP contribution in [0.15, 0.2) is 18.2 Å². The third-order valence-corrected chi connectivity index (χ3v) is 2.48. The summed E-state index contributed by atoms with van der Waals surface area (Å²) in [6, 6.07) is 5.17. The highest BCUT2D eigenvalue weighted by atomic mass is 16.6. The van der Waals surface area contributed by atoms with E-state index in [4.69, 9.17) is 6.42 Å². The van der Waals surface area contributed by atoms with Crippen molar-refractivity contribution in [2.45, 2.75) is 26.2 Å². The Morgan fingerprint density at radius 1 is 1.47 bits per heavy atom. The number of anilines is 1. The summed E-state index contributed by atoms with van der Waals surface area (Å²) in [6.07, 6.45) is 7.85. The van der Waals surface area contributed by atoms with Crippen LogP contribution in [0.3, 0.4) is 0 Å². The Balaban J connectivity index is 2.52. The fourth-order valence-electron chi connectivity index (χ4n) is 1.50. The van der Waals surface area contributed by atoms with Crippen molar-refractivity contribution in [1.29, 1.82) is 0 Å². The first-order valence-electron chi connectivity index (χ1n) is 5.57. The molecule has 0 spiro atoms. The van der Waals surface area contributed by atoms with Crippen LogP contribution in [0.1, 0.15) is 24.8 Å². The van der Waals surface area contributed by atoms with Gasteiger partial charge in [0, 0.05) is 30.3 Å². The van der Waals surface area contributed by atoms with Crippen molar-refractivity contribution in [3.05, 3.63) is 33.9 Å². The molecule has 0 aliphatic rings. The van der Waals surface area contributed by atoms with Gasteiger partial charge in [0.15, 0.2) is 0 Å². The third-order valence-electron chi connectivity index (χ3n) is 2.48. The molecule has 0 saturated heterocycles. The molecular weight excluding hydrogens is 216 g/mol. The quantitative estimate of drug-likeness (QED) is 0.355. The number of benzene rings is 1. The van der Waals surface area contributed by atoms with Crippen LogP contribution in [0, 0.1) is 29.4 Å². The highest BCUT2D eigenvalue weighted by molar-refractivity contribution is 5.54. The van der Waals surface area contributed by atoms with Crippen molar-refractivity contribution in [3.63, 3.8) is 0 Å². The van der Waals surface area contributed by atoms with Gasteiger partial charge >= 0.3 is 0 Å².